The van der Waals surface area contributed by atoms with Crippen molar-refractivity contribution in [3.05, 3.63) is 130 Å². The van der Waals surface area contributed by atoms with E-state index in [9.17, 15) is 0 Å². The number of anilines is 1. The number of para-hydroxylation sites is 1. The minimum atomic E-state index is 0.229. The van der Waals surface area contributed by atoms with E-state index in [1.807, 2.05) is 0 Å². The molecule has 1 aliphatic carbocycles. The van der Waals surface area contributed by atoms with E-state index in [1.165, 1.54) is 44.8 Å². The van der Waals surface area contributed by atoms with Crippen molar-refractivity contribution in [2.45, 2.75) is 25.3 Å². The Morgan fingerprint density at radius 3 is 2.11 bits per heavy atom. The molecule has 3 nitrogen and oxygen atoms in total. The molecule has 3 heteroatoms. The Kier molecular flexibility index (Phi) is 5.54. The molecular formula is C32H29NO2. The maximum Gasteiger partial charge on any atom is 0.118 e. The summed E-state index contributed by atoms with van der Waals surface area (Å²) in [5.74, 6) is 2.00. The van der Waals surface area contributed by atoms with Crippen molar-refractivity contribution in [3.63, 3.8) is 0 Å². The molecule has 1 aliphatic heterocycles. The van der Waals surface area contributed by atoms with Crippen molar-refractivity contribution < 1.29 is 9.47 Å². The number of nitrogens with zero attached hydrogens (tertiary/aromatic N) is 1. The molecule has 0 bridgehead atoms. The molecule has 1 heterocycles. The molecule has 4 aromatic rings. The zero-order valence-electron chi connectivity index (χ0n) is 20.2. The Labute approximate surface area is 207 Å². The first-order chi connectivity index (χ1) is 17.3. The van der Waals surface area contributed by atoms with Crippen molar-refractivity contribution >= 4 is 11.4 Å². The quantitative estimate of drug-likeness (QED) is 0.315. The van der Waals surface area contributed by atoms with Crippen molar-refractivity contribution in [1.29, 1.82) is 0 Å². The van der Waals surface area contributed by atoms with Gasteiger partial charge in [-0.1, -0.05) is 66.7 Å². The van der Waals surface area contributed by atoms with Crippen molar-refractivity contribution in [2.75, 3.05) is 19.1 Å². The highest BCUT2D eigenvalue weighted by Crippen LogP contribution is 2.51. The molecule has 0 saturated heterocycles. The SMILES string of the molecule is COc1ccc(CN2C3=C(CCc4ccccc43)[C@H](c3ccc(OC)cc3)c3ccccc32)cc1. The molecule has 4 aromatic carbocycles. The van der Waals surface area contributed by atoms with Crippen LogP contribution in [0.1, 0.15) is 40.2 Å². The fourth-order valence-electron chi connectivity index (χ4n) is 5.67. The van der Waals surface area contributed by atoms with Crippen LogP contribution in [0.4, 0.5) is 5.69 Å². The second kappa shape index (κ2) is 8.99. The summed E-state index contributed by atoms with van der Waals surface area (Å²) in [7, 11) is 3.44. The van der Waals surface area contributed by atoms with E-state index in [1.54, 1.807) is 14.2 Å². The number of hydrogen-bond donors (Lipinski definition) is 0. The van der Waals surface area contributed by atoms with Gasteiger partial charge in [-0.25, -0.2) is 0 Å². The molecule has 174 valence electrons. The molecule has 0 aromatic heterocycles. The average molecular weight is 460 g/mol. The number of rotatable bonds is 5. The molecule has 0 N–H and O–H groups in total. The van der Waals surface area contributed by atoms with Crippen LogP contribution in [0.3, 0.4) is 0 Å². The third-order valence-electron chi connectivity index (χ3n) is 7.35. The smallest absolute Gasteiger partial charge is 0.118 e. The molecule has 0 fully saturated rings. The van der Waals surface area contributed by atoms with Gasteiger partial charge in [-0.05, 0) is 71.0 Å². The highest BCUT2D eigenvalue weighted by Gasteiger charge is 2.36. The lowest BCUT2D eigenvalue weighted by molar-refractivity contribution is 0.414. The summed E-state index contributed by atoms with van der Waals surface area (Å²) in [5.41, 5.74) is 10.9. The van der Waals surface area contributed by atoms with Crippen molar-refractivity contribution in [3.8, 4) is 11.5 Å². The van der Waals surface area contributed by atoms with Gasteiger partial charge in [-0.3, -0.25) is 0 Å². The molecule has 0 radical (unpaired) electrons. The second-order valence-corrected chi connectivity index (χ2v) is 9.23. The summed E-state index contributed by atoms with van der Waals surface area (Å²) in [6.07, 6.45) is 2.12. The molecule has 0 spiro atoms. The lowest BCUT2D eigenvalue weighted by Gasteiger charge is -2.42. The van der Waals surface area contributed by atoms with E-state index in [0.717, 1.165) is 30.9 Å². The number of fused-ring (bicyclic) bond motifs is 3. The molecule has 0 unspecified atom stereocenters. The van der Waals surface area contributed by atoms with Crippen LogP contribution in [-0.2, 0) is 13.0 Å². The minimum Gasteiger partial charge on any atom is -0.497 e. The summed E-state index contributed by atoms with van der Waals surface area (Å²) in [6, 6.07) is 34.9. The summed E-state index contributed by atoms with van der Waals surface area (Å²) < 4.78 is 10.8. The van der Waals surface area contributed by atoms with Crippen LogP contribution in [0, 0.1) is 0 Å². The van der Waals surface area contributed by atoms with Crippen LogP contribution in [0.2, 0.25) is 0 Å². The number of ether oxygens (including phenoxy) is 2. The summed E-state index contributed by atoms with van der Waals surface area (Å²) in [4.78, 5) is 2.53. The Morgan fingerprint density at radius 1 is 0.714 bits per heavy atom. The van der Waals surface area contributed by atoms with E-state index in [4.69, 9.17) is 9.47 Å². The Balaban J connectivity index is 1.54. The topological polar surface area (TPSA) is 21.7 Å². The van der Waals surface area contributed by atoms with Gasteiger partial charge in [0.15, 0.2) is 0 Å². The monoisotopic (exact) mass is 459 g/mol. The van der Waals surface area contributed by atoms with E-state index in [2.05, 4.69) is 102 Å². The zero-order valence-corrected chi connectivity index (χ0v) is 20.2. The maximum absolute atomic E-state index is 5.45. The summed E-state index contributed by atoms with van der Waals surface area (Å²) in [6.45, 7) is 0.809. The normalized spacial score (nSPS) is 16.3. The average Bonchev–Trinajstić information content (AvgIpc) is 2.93. The fraction of sp³-hybridized carbons (Fsp3) is 0.188. The first kappa shape index (κ1) is 21.5. The Bertz CT molecular complexity index is 1390. The predicted molar refractivity (Wildman–Crippen MR) is 142 cm³/mol. The molecule has 35 heavy (non-hydrogen) atoms. The van der Waals surface area contributed by atoms with Gasteiger partial charge in [0.1, 0.15) is 11.5 Å². The Hall–Kier alpha value is -3.98. The van der Waals surface area contributed by atoms with Gasteiger partial charge in [0.2, 0.25) is 0 Å². The van der Waals surface area contributed by atoms with Gasteiger partial charge >= 0.3 is 0 Å². The summed E-state index contributed by atoms with van der Waals surface area (Å²) >= 11 is 0. The third kappa shape index (κ3) is 3.77. The minimum absolute atomic E-state index is 0.229. The van der Waals surface area contributed by atoms with Crippen LogP contribution in [0.25, 0.3) is 5.70 Å². The number of benzene rings is 4. The highest BCUT2D eigenvalue weighted by molar-refractivity contribution is 5.90. The zero-order chi connectivity index (χ0) is 23.8. The van der Waals surface area contributed by atoms with Gasteiger partial charge in [0.25, 0.3) is 0 Å². The predicted octanol–water partition coefficient (Wildman–Crippen LogP) is 7.21. The van der Waals surface area contributed by atoms with Gasteiger partial charge in [0, 0.05) is 29.4 Å². The third-order valence-corrected chi connectivity index (χ3v) is 7.35. The van der Waals surface area contributed by atoms with Crippen molar-refractivity contribution in [2.24, 2.45) is 0 Å². The number of methoxy groups -OCH3 is 2. The first-order valence-corrected chi connectivity index (χ1v) is 12.2. The maximum atomic E-state index is 5.45. The van der Waals surface area contributed by atoms with Crippen LogP contribution >= 0.6 is 0 Å². The lowest BCUT2D eigenvalue weighted by Crippen LogP contribution is -2.32. The molecule has 2 aliphatic rings. The molecule has 0 amide bonds. The van der Waals surface area contributed by atoms with E-state index >= 15 is 0 Å². The number of aryl methyl sites for hydroxylation is 1. The number of hydrogen-bond acceptors (Lipinski definition) is 3. The van der Waals surface area contributed by atoms with E-state index in [0.29, 0.717) is 0 Å². The van der Waals surface area contributed by atoms with Crippen LogP contribution in [-0.4, -0.2) is 14.2 Å². The van der Waals surface area contributed by atoms with Crippen LogP contribution in [0.5, 0.6) is 11.5 Å². The van der Waals surface area contributed by atoms with Crippen molar-refractivity contribution in [1.82, 2.24) is 0 Å². The van der Waals surface area contributed by atoms with E-state index in [-0.39, 0.29) is 5.92 Å². The standard InChI is InChI=1S/C32H29NO2/c1-34-25-16-11-22(12-17-25)21-33-30-10-6-5-9-28(30)31(24-13-18-26(35-2)19-14-24)29-20-15-23-7-3-4-8-27(23)32(29)33/h3-14,16-19,31H,15,20-21H2,1-2H3/t31-/m1/s1. The number of allylic oxidation sites excluding steroid dienone is 1. The van der Waals surface area contributed by atoms with Gasteiger partial charge in [-0.2, -0.15) is 0 Å². The second-order valence-electron chi connectivity index (χ2n) is 9.23. The van der Waals surface area contributed by atoms with Crippen LogP contribution < -0.4 is 14.4 Å². The van der Waals surface area contributed by atoms with E-state index < -0.39 is 0 Å². The molecular weight excluding hydrogens is 430 g/mol. The first-order valence-electron chi connectivity index (χ1n) is 12.2. The van der Waals surface area contributed by atoms with Crippen LogP contribution in [0.15, 0.2) is 103 Å². The fourth-order valence-corrected chi connectivity index (χ4v) is 5.67. The highest BCUT2D eigenvalue weighted by atomic mass is 16.5. The van der Waals surface area contributed by atoms with Gasteiger partial charge < -0.3 is 14.4 Å². The molecule has 0 saturated carbocycles. The summed E-state index contributed by atoms with van der Waals surface area (Å²) in [5, 5.41) is 0. The molecule has 6 rings (SSSR count). The van der Waals surface area contributed by atoms with Gasteiger partial charge in [0.05, 0.1) is 14.2 Å². The molecule has 1 atom stereocenters. The Morgan fingerprint density at radius 2 is 1.37 bits per heavy atom. The lowest BCUT2D eigenvalue weighted by atomic mass is 9.73. The van der Waals surface area contributed by atoms with Gasteiger partial charge in [-0.15, -0.1) is 0 Å². The largest absolute Gasteiger partial charge is 0.497 e.